The first-order valence-corrected chi connectivity index (χ1v) is 9.14. The second-order valence-electron chi connectivity index (χ2n) is 6.09. The lowest BCUT2D eigenvalue weighted by atomic mass is 9.83. The Morgan fingerprint density at radius 2 is 1.39 bits per heavy atom. The number of hydrogen-bond acceptors (Lipinski definition) is 3. The van der Waals surface area contributed by atoms with E-state index in [2.05, 4.69) is 23.0 Å². The van der Waals surface area contributed by atoms with Gasteiger partial charge in [0.25, 0.3) is 0 Å². The van der Waals surface area contributed by atoms with Crippen LogP contribution < -0.4 is 0 Å². The fraction of sp³-hybridized carbons (Fsp3) is 1.00. The van der Waals surface area contributed by atoms with Crippen molar-refractivity contribution in [2.24, 2.45) is 11.8 Å². The minimum absolute atomic E-state index is 1.03. The summed E-state index contributed by atoms with van der Waals surface area (Å²) < 4.78 is 0. The van der Waals surface area contributed by atoms with E-state index in [1.807, 2.05) is 11.8 Å². The first-order chi connectivity index (χ1) is 8.81. The summed E-state index contributed by atoms with van der Waals surface area (Å²) in [6.45, 7) is 8.94. The highest BCUT2D eigenvalue weighted by atomic mass is 32.2. The summed E-state index contributed by atoms with van der Waals surface area (Å²) in [5.41, 5.74) is 0. The molecule has 2 aliphatic rings. The zero-order valence-electron chi connectivity index (χ0n) is 12.2. The highest BCUT2D eigenvalue weighted by Gasteiger charge is 2.24. The average Bonchev–Trinajstić information content (AvgIpc) is 2.42. The van der Waals surface area contributed by atoms with Gasteiger partial charge in [-0.25, -0.2) is 0 Å². The number of nitrogens with zero attached hydrogens (tertiary/aromatic N) is 2. The van der Waals surface area contributed by atoms with E-state index < -0.39 is 0 Å². The molecule has 2 rings (SSSR count). The molecule has 0 aromatic rings. The molecule has 0 N–H and O–H groups in total. The lowest BCUT2D eigenvalue weighted by molar-refractivity contribution is 0.144. The van der Waals surface area contributed by atoms with E-state index in [0.717, 1.165) is 11.8 Å². The first kappa shape index (κ1) is 14.7. The summed E-state index contributed by atoms with van der Waals surface area (Å²) in [5.74, 6) is 3.30. The SMILES string of the molecule is CCN1CCC(CC2CCN(CSC)CC2)CC1. The van der Waals surface area contributed by atoms with E-state index in [4.69, 9.17) is 0 Å². The van der Waals surface area contributed by atoms with E-state index in [-0.39, 0.29) is 0 Å². The van der Waals surface area contributed by atoms with Gasteiger partial charge in [-0.1, -0.05) is 6.92 Å². The van der Waals surface area contributed by atoms with Crippen LogP contribution in [-0.2, 0) is 0 Å². The van der Waals surface area contributed by atoms with Crippen molar-refractivity contribution in [2.75, 3.05) is 44.9 Å². The standard InChI is InChI=1S/C15H30N2S/c1-3-16-8-4-14(5-9-16)12-15-6-10-17(11-7-15)13-18-2/h14-15H,3-13H2,1-2H3. The number of hydrogen-bond donors (Lipinski definition) is 0. The number of rotatable bonds is 5. The Hall–Kier alpha value is 0.270. The van der Waals surface area contributed by atoms with Gasteiger partial charge in [0.1, 0.15) is 0 Å². The van der Waals surface area contributed by atoms with Gasteiger partial charge in [0.05, 0.1) is 0 Å². The van der Waals surface area contributed by atoms with Crippen molar-refractivity contribution >= 4 is 11.8 Å². The Balaban J connectivity index is 1.63. The summed E-state index contributed by atoms with van der Waals surface area (Å²) >= 11 is 1.97. The van der Waals surface area contributed by atoms with Gasteiger partial charge in [-0.15, -0.1) is 11.8 Å². The van der Waals surface area contributed by atoms with Crippen molar-refractivity contribution in [3.8, 4) is 0 Å². The third-order valence-electron chi connectivity index (χ3n) is 4.84. The Labute approximate surface area is 117 Å². The van der Waals surface area contributed by atoms with Gasteiger partial charge in [-0.05, 0) is 82.9 Å². The average molecular weight is 270 g/mol. The Bertz CT molecular complexity index is 219. The normalized spacial score (nSPS) is 25.7. The maximum absolute atomic E-state index is 2.63. The van der Waals surface area contributed by atoms with Crippen LogP contribution in [0.4, 0.5) is 0 Å². The molecular formula is C15H30N2S. The third kappa shape index (κ3) is 4.43. The van der Waals surface area contributed by atoms with E-state index in [1.165, 1.54) is 70.7 Å². The van der Waals surface area contributed by atoms with Gasteiger partial charge in [-0.2, -0.15) is 0 Å². The maximum atomic E-state index is 2.63. The number of thioether (sulfide) groups is 1. The van der Waals surface area contributed by atoms with Crippen LogP contribution in [0.5, 0.6) is 0 Å². The Kier molecular flexibility index (Phi) is 6.33. The molecule has 0 radical (unpaired) electrons. The molecular weight excluding hydrogens is 240 g/mol. The number of likely N-dealkylation sites (tertiary alicyclic amines) is 2. The molecule has 0 unspecified atom stereocenters. The van der Waals surface area contributed by atoms with Gasteiger partial charge < -0.3 is 4.90 Å². The van der Waals surface area contributed by atoms with Crippen LogP contribution in [0.2, 0.25) is 0 Å². The van der Waals surface area contributed by atoms with Crippen molar-refractivity contribution in [3.05, 3.63) is 0 Å². The lowest BCUT2D eigenvalue weighted by Crippen LogP contribution is -2.36. The second-order valence-corrected chi connectivity index (χ2v) is 6.93. The number of piperidine rings is 2. The second kappa shape index (κ2) is 7.76. The van der Waals surface area contributed by atoms with E-state index in [1.54, 1.807) is 0 Å². The molecule has 2 fully saturated rings. The first-order valence-electron chi connectivity index (χ1n) is 7.75. The monoisotopic (exact) mass is 270 g/mol. The lowest BCUT2D eigenvalue weighted by Gasteiger charge is -2.36. The minimum Gasteiger partial charge on any atom is -0.304 e. The molecule has 2 heterocycles. The van der Waals surface area contributed by atoms with Crippen LogP contribution in [0.1, 0.15) is 39.0 Å². The van der Waals surface area contributed by atoms with Gasteiger partial charge >= 0.3 is 0 Å². The summed E-state index contributed by atoms with van der Waals surface area (Å²) in [4.78, 5) is 5.23. The molecule has 0 saturated carbocycles. The molecule has 2 aliphatic heterocycles. The maximum Gasteiger partial charge on any atom is 0.0441 e. The van der Waals surface area contributed by atoms with Crippen molar-refractivity contribution in [1.29, 1.82) is 0 Å². The third-order valence-corrected chi connectivity index (χ3v) is 5.46. The fourth-order valence-corrected chi connectivity index (χ4v) is 4.17. The summed E-state index contributed by atoms with van der Waals surface area (Å²) in [5, 5.41) is 0. The van der Waals surface area contributed by atoms with E-state index in [0.29, 0.717) is 0 Å². The molecule has 106 valence electrons. The molecule has 2 saturated heterocycles. The highest BCUT2D eigenvalue weighted by Crippen LogP contribution is 2.30. The predicted octanol–water partition coefficient (Wildman–Crippen LogP) is 3.14. The molecule has 18 heavy (non-hydrogen) atoms. The molecule has 0 bridgehead atoms. The summed E-state index contributed by atoms with van der Waals surface area (Å²) in [6.07, 6.45) is 9.55. The Morgan fingerprint density at radius 1 is 0.889 bits per heavy atom. The van der Waals surface area contributed by atoms with Crippen molar-refractivity contribution in [1.82, 2.24) is 9.80 Å². The molecule has 0 atom stereocenters. The summed E-state index contributed by atoms with van der Waals surface area (Å²) in [6, 6.07) is 0. The topological polar surface area (TPSA) is 6.48 Å². The quantitative estimate of drug-likeness (QED) is 0.758. The molecule has 2 nitrogen and oxygen atoms in total. The van der Waals surface area contributed by atoms with Crippen LogP contribution in [0.3, 0.4) is 0 Å². The molecule has 0 amide bonds. The van der Waals surface area contributed by atoms with Crippen molar-refractivity contribution < 1.29 is 0 Å². The zero-order chi connectivity index (χ0) is 12.8. The van der Waals surface area contributed by atoms with Crippen molar-refractivity contribution in [3.63, 3.8) is 0 Å². The fourth-order valence-electron chi connectivity index (χ4n) is 3.54. The Morgan fingerprint density at radius 3 is 1.83 bits per heavy atom. The molecule has 0 spiro atoms. The van der Waals surface area contributed by atoms with E-state index >= 15 is 0 Å². The molecule has 0 aromatic heterocycles. The van der Waals surface area contributed by atoms with Crippen molar-refractivity contribution in [2.45, 2.75) is 39.0 Å². The largest absolute Gasteiger partial charge is 0.304 e. The smallest absolute Gasteiger partial charge is 0.0441 e. The van der Waals surface area contributed by atoms with Crippen LogP contribution >= 0.6 is 11.8 Å². The molecule has 0 aromatic carbocycles. The predicted molar refractivity (Wildman–Crippen MR) is 82.1 cm³/mol. The van der Waals surface area contributed by atoms with Gasteiger partial charge in [0, 0.05) is 5.88 Å². The minimum atomic E-state index is 1.03. The van der Waals surface area contributed by atoms with Crippen LogP contribution in [0, 0.1) is 11.8 Å². The summed E-state index contributed by atoms with van der Waals surface area (Å²) in [7, 11) is 0. The zero-order valence-corrected chi connectivity index (χ0v) is 13.1. The van der Waals surface area contributed by atoms with Crippen LogP contribution in [-0.4, -0.2) is 54.7 Å². The van der Waals surface area contributed by atoms with Crippen LogP contribution in [0.25, 0.3) is 0 Å². The van der Waals surface area contributed by atoms with E-state index in [9.17, 15) is 0 Å². The van der Waals surface area contributed by atoms with Crippen LogP contribution in [0.15, 0.2) is 0 Å². The molecule has 3 heteroatoms. The molecule has 0 aliphatic carbocycles. The van der Waals surface area contributed by atoms with Gasteiger partial charge in [0.15, 0.2) is 0 Å². The van der Waals surface area contributed by atoms with Gasteiger partial charge in [-0.3, -0.25) is 4.90 Å². The van der Waals surface area contributed by atoms with Gasteiger partial charge in [0.2, 0.25) is 0 Å². The highest BCUT2D eigenvalue weighted by molar-refractivity contribution is 7.98.